The fourth-order valence-electron chi connectivity index (χ4n) is 1.71. The molecule has 0 fully saturated rings. The van der Waals surface area contributed by atoms with Gasteiger partial charge in [0.2, 0.25) is 0 Å². The van der Waals surface area contributed by atoms with Crippen LogP contribution in [0.1, 0.15) is 23.9 Å². The Bertz CT molecular complexity index is 498. The SMILES string of the molecule is Cn1nccc1CCC(O)c1ncccc1Br. The van der Waals surface area contributed by atoms with Crippen LogP contribution in [0.3, 0.4) is 0 Å². The lowest BCUT2D eigenvalue weighted by molar-refractivity contribution is 0.161. The van der Waals surface area contributed by atoms with Crippen molar-refractivity contribution >= 4 is 15.9 Å². The molecule has 0 aliphatic heterocycles. The van der Waals surface area contributed by atoms with Crippen LogP contribution in [0.5, 0.6) is 0 Å². The Morgan fingerprint density at radius 3 is 2.88 bits per heavy atom. The van der Waals surface area contributed by atoms with Gasteiger partial charge in [0.1, 0.15) is 0 Å². The Kier molecular flexibility index (Phi) is 3.91. The highest BCUT2D eigenvalue weighted by Crippen LogP contribution is 2.24. The second kappa shape index (κ2) is 5.42. The van der Waals surface area contributed by atoms with Crippen molar-refractivity contribution < 1.29 is 5.11 Å². The van der Waals surface area contributed by atoms with Gasteiger partial charge in [0, 0.05) is 29.6 Å². The number of rotatable bonds is 4. The molecular weight excluding hydrogens is 282 g/mol. The van der Waals surface area contributed by atoms with Gasteiger partial charge < -0.3 is 5.11 Å². The molecule has 0 aliphatic carbocycles. The van der Waals surface area contributed by atoms with Crippen molar-refractivity contribution in [2.45, 2.75) is 18.9 Å². The van der Waals surface area contributed by atoms with E-state index in [1.54, 1.807) is 12.4 Å². The van der Waals surface area contributed by atoms with Crippen LogP contribution >= 0.6 is 15.9 Å². The monoisotopic (exact) mass is 295 g/mol. The highest BCUT2D eigenvalue weighted by atomic mass is 79.9. The van der Waals surface area contributed by atoms with E-state index in [1.165, 1.54) is 0 Å². The summed E-state index contributed by atoms with van der Waals surface area (Å²) in [5, 5.41) is 14.2. The Hall–Kier alpha value is -1.20. The number of halogens is 1. The van der Waals surface area contributed by atoms with E-state index < -0.39 is 6.10 Å². The Balaban J connectivity index is 2.01. The van der Waals surface area contributed by atoms with Crippen molar-refractivity contribution in [1.82, 2.24) is 14.8 Å². The number of hydrogen-bond acceptors (Lipinski definition) is 3. The van der Waals surface area contributed by atoms with Crippen LogP contribution in [0, 0.1) is 0 Å². The molecule has 5 heteroatoms. The van der Waals surface area contributed by atoms with Crippen molar-refractivity contribution in [2.24, 2.45) is 7.05 Å². The third-order valence-corrected chi connectivity index (χ3v) is 3.37. The van der Waals surface area contributed by atoms with Crippen LogP contribution in [0.25, 0.3) is 0 Å². The maximum absolute atomic E-state index is 10.1. The van der Waals surface area contributed by atoms with E-state index in [1.807, 2.05) is 29.9 Å². The second-order valence-electron chi connectivity index (χ2n) is 3.87. The Morgan fingerprint density at radius 1 is 1.41 bits per heavy atom. The first-order chi connectivity index (χ1) is 8.18. The zero-order chi connectivity index (χ0) is 12.3. The molecule has 0 saturated carbocycles. The van der Waals surface area contributed by atoms with E-state index in [0.29, 0.717) is 12.1 Å². The molecule has 0 radical (unpaired) electrons. The molecule has 2 aromatic heterocycles. The maximum Gasteiger partial charge on any atom is 0.0975 e. The van der Waals surface area contributed by atoms with E-state index >= 15 is 0 Å². The summed E-state index contributed by atoms with van der Waals surface area (Å²) in [4.78, 5) is 4.18. The van der Waals surface area contributed by atoms with Gasteiger partial charge in [-0.3, -0.25) is 9.67 Å². The highest BCUT2D eigenvalue weighted by Gasteiger charge is 2.13. The summed E-state index contributed by atoms with van der Waals surface area (Å²) in [7, 11) is 1.90. The molecule has 90 valence electrons. The van der Waals surface area contributed by atoms with E-state index in [2.05, 4.69) is 26.0 Å². The summed E-state index contributed by atoms with van der Waals surface area (Å²) in [5.74, 6) is 0. The topological polar surface area (TPSA) is 50.9 Å². The molecule has 0 aliphatic rings. The molecule has 0 saturated heterocycles. The van der Waals surface area contributed by atoms with E-state index in [0.717, 1.165) is 16.6 Å². The summed E-state index contributed by atoms with van der Waals surface area (Å²) in [6.07, 6.45) is 4.31. The number of aryl methyl sites for hydroxylation is 2. The number of pyridine rings is 1. The summed E-state index contributed by atoms with van der Waals surface area (Å²) in [5.41, 5.74) is 1.80. The predicted molar refractivity (Wildman–Crippen MR) is 68.4 cm³/mol. The number of hydrogen-bond donors (Lipinski definition) is 1. The van der Waals surface area contributed by atoms with Gasteiger partial charge in [0.25, 0.3) is 0 Å². The zero-order valence-electron chi connectivity index (χ0n) is 9.55. The first kappa shape index (κ1) is 12.3. The van der Waals surface area contributed by atoms with Gasteiger partial charge in [-0.25, -0.2) is 0 Å². The maximum atomic E-state index is 10.1. The zero-order valence-corrected chi connectivity index (χ0v) is 11.1. The smallest absolute Gasteiger partial charge is 0.0975 e. The molecule has 0 aromatic carbocycles. The molecule has 17 heavy (non-hydrogen) atoms. The standard InChI is InChI=1S/C12H14BrN3O/c1-16-9(6-8-15-16)4-5-11(17)12-10(13)3-2-7-14-12/h2-3,6-8,11,17H,4-5H2,1H3. The molecular formula is C12H14BrN3O. The highest BCUT2D eigenvalue weighted by molar-refractivity contribution is 9.10. The van der Waals surface area contributed by atoms with E-state index in [-0.39, 0.29) is 0 Å². The molecule has 0 bridgehead atoms. The summed E-state index contributed by atoms with van der Waals surface area (Å²) in [6.45, 7) is 0. The van der Waals surface area contributed by atoms with Gasteiger partial charge in [0.15, 0.2) is 0 Å². The van der Waals surface area contributed by atoms with Crippen LogP contribution in [-0.2, 0) is 13.5 Å². The number of aliphatic hydroxyl groups excluding tert-OH is 1. The molecule has 4 nitrogen and oxygen atoms in total. The summed E-state index contributed by atoms with van der Waals surface area (Å²) < 4.78 is 2.66. The molecule has 2 heterocycles. The van der Waals surface area contributed by atoms with E-state index in [4.69, 9.17) is 0 Å². The van der Waals surface area contributed by atoms with Crippen molar-refractivity contribution in [1.29, 1.82) is 0 Å². The minimum Gasteiger partial charge on any atom is -0.387 e. The molecule has 1 unspecified atom stereocenters. The van der Waals surface area contributed by atoms with Crippen molar-refractivity contribution in [2.75, 3.05) is 0 Å². The minimum absolute atomic E-state index is 0.555. The summed E-state index contributed by atoms with van der Waals surface area (Å²) in [6, 6.07) is 5.68. The van der Waals surface area contributed by atoms with Crippen LogP contribution in [0.4, 0.5) is 0 Å². The minimum atomic E-state index is -0.555. The molecule has 2 aromatic rings. The van der Waals surface area contributed by atoms with Crippen LogP contribution in [0.2, 0.25) is 0 Å². The van der Waals surface area contributed by atoms with E-state index in [9.17, 15) is 5.11 Å². The number of aliphatic hydroxyl groups is 1. The van der Waals surface area contributed by atoms with Gasteiger partial charge in [-0.15, -0.1) is 0 Å². The predicted octanol–water partition coefficient (Wildman–Crippen LogP) is 2.24. The van der Waals surface area contributed by atoms with Gasteiger partial charge in [0.05, 0.1) is 11.8 Å². The second-order valence-corrected chi connectivity index (χ2v) is 4.73. The molecule has 2 rings (SSSR count). The largest absolute Gasteiger partial charge is 0.387 e. The lowest BCUT2D eigenvalue weighted by Crippen LogP contribution is -2.05. The average molecular weight is 296 g/mol. The lowest BCUT2D eigenvalue weighted by Gasteiger charge is -2.11. The van der Waals surface area contributed by atoms with Crippen LogP contribution in [0.15, 0.2) is 35.1 Å². The molecule has 1 atom stereocenters. The fraction of sp³-hybridized carbons (Fsp3) is 0.333. The van der Waals surface area contributed by atoms with Gasteiger partial charge in [-0.2, -0.15) is 5.10 Å². The van der Waals surface area contributed by atoms with Gasteiger partial charge >= 0.3 is 0 Å². The van der Waals surface area contributed by atoms with Crippen LogP contribution < -0.4 is 0 Å². The average Bonchev–Trinajstić information content (AvgIpc) is 2.72. The normalized spacial score (nSPS) is 12.6. The van der Waals surface area contributed by atoms with Crippen molar-refractivity contribution in [3.8, 4) is 0 Å². The summed E-state index contributed by atoms with van der Waals surface area (Å²) >= 11 is 3.39. The number of aromatic nitrogens is 3. The Morgan fingerprint density at radius 2 is 2.24 bits per heavy atom. The lowest BCUT2D eigenvalue weighted by atomic mass is 10.1. The van der Waals surface area contributed by atoms with Crippen molar-refractivity contribution in [3.63, 3.8) is 0 Å². The van der Waals surface area contributed by atoms with Gasteiger partial charge in [-0.1, -0.05) is 0 Å². The molecule has 0 spiro atoms. The van der Waals surface area contributed by atoms with Crippen LogP contribution in [-0.4, -0.2) is 19.9 Å². The quantitative estimate of drug-likeness (QED) is 0.941. The first-order valence-electron chi connectivity index (χ1n) is 5.44. The van der Waals surface area contributed by atoms with Crippen molar-refractivity contribution in [3.05, 3.63) is 46.5 Å². The molecule has 0 amide bonds. The first-order valence-corrected chi connectivity index (χ1v) is 6.23. The molecule has 1 N–H and O–H groups in total. The van der Waals surface area contributed by atoms with Gasteiger partial charge in [-0.05, 0) is 47.0 Å². The fourth-order valence-corrected chi connectivity index (χ4v) is 2.23. The third-order valence-electron chi connectivity index (χ3n) is 2.70. The third kappa shape index (κ3) is 2.92. The Labute approximate surface area is 108 Å². The number of nitrogens with zero attached hydrogens (tertiary/aromatic N) is 3.